The van der Waals surface area contributed by atoms with Gasteiger partial charge in [-0.05, 0) is 44.0 Å². The van der Waals surface area contributed by atoms with Gasteiger partial charge >= 0.3 is 0 Å². The first-order valence-electron chi connectivity index (χ1n) is 6.74. The van der Waals surface area contributed by atoms with E-state index in [1.807, 2.05) is 6.07 Å². The van der Waals surface area contributed by atoms with Crippen molar-refractivity contribution in [3.05, 3.63) is 29.3 Å². The van der Waals surface area contributed by atoms with E-state index in [0.717, 1.165) is 5.75 Å². The third kappa shape index (κ3) is 2.52. The van der Waals surface area contributed by atoms with Crippen molar-refractivity contribution >= 4 is 0 Å². The molecular formula is C15H24N2O. The van der Waals surface area contributed by atoms with E-state index in [0.29, 0.717) is 18.6 Å². The normalized spacial score (nSPS) is 17.6. The van der Waals surface area contributed by atoms with Crippen molar-refractivity contribution in [2.24, 2.45) is 5.73 Å². The van der Waals surface area contributed by atoms with Gasteiger partial charge in [-0.2, -0.15) is 0 Å². The molecule has 1 fully saturated rings. The molecule has 0 saturated heterocycles. The molecule has 1 atom stereocenters. The first kappa shape index (κ1) is 13.4. The Morgan fingerprint density at radius 1 is 1.44 bits per heavy atom. The molecule has 0 radical (unpaired) electrons. The molecular weight excluding hydrogens is 224 g/mol. The maximum absolute atomic E-state index is 5.97. The molecule has 0 spiro atoms. The SMILES string of the molecule is COc1ccc(C(CN)N(C)C2CCC2)cc1C. The number of nitrogens with two attached hydrogens (primary N) is 1. The van der Waals surface area contributed by atoms with Gasteiger partial charge in [0.15, 0.2) is 0 Å². The standard InChI is InChI=1S/C15H24N2O/c1-11-9-12(7-8-15(11)18-3)14(10-16)17(2)13-5-4-6-13/h7-9,13-14H,4-6,10,16H2,1-3H3. The number of ether oxygens (including phenoxy) is 1. The monoisotopic (exact) mass is 248 g/mol. The van der Waals surface area contributed by atoms with Crippen LogP contribution in [0.5, 0.6) is 5.75 Å². The summed E-state index contributed by atoms with van der Waals surface area (Å²) in [6.45, 7) is 2.75. The van der Waals surface area contributed by atoms with E-state index in [-0.39, 0.29) is 0 Å². The molecule has 0 amide bonds. The smallest absolute Gasteiger partial charge is 0.121 e. The summed E-state index contributed by atoms with van der Waals surface area (Å²) >= 11 is 0. The van der Waals surface area contributed by atoms with E-state index in [9.17, 15) is 0 Å². The topological polar surface area (TPSA) is 38.5 Å². The molecule has 1 saturated carbocycles. The molecule has 2 rings (SSSR count). The van der Waals surface area contributed by atoms with Gasteiger partial charge in [-0.1, -0.05) is 18.6 Å². The summed E-state index contributed by atoms with van der Waals surface area (Å²) in [5.41, 5.74) is 8.44. The van der Waals surface area contributed by atoms with E-state index in [1.54, 1.807) is 7.11 Å². The number of aryl methyl sites for hydroxylation is 1. The van der Waals surface area contributed by atoms with E-state index in [1.165, 1.54) is 30.4 Å². The van der Waals surface area contributed by atoms with Crippen molar-refractivity contribution in [1.29, 1.82) is 0 Å². The highest BCUT2D eigenvalue weighted by Gasteiger charge is 2.27. The Hall–Kier alpha value is -1.06. The highest BCUT2D eigenvalue weighted by molar-refractivity contribution is 5.37. The lowest BCUT2D eigenvalue weighted by molar-refractivity contribution is 0.113. The molecule has 0 aliphatic heterocycles. The lowest BCUT2D eigenvalue weighted by Gasteiger charge is -2.40. The predicted octanol–water partition coefficient (Wildman–Crippen LogP) is 2.49. The van der Waals surface area contributed by atoms with Crippen LogP contribution in [0.25, 0.3) is 0 Å². The van der Waals surface area contributed by atoms with Crippen LogP contribution in [-0.2, 0) is 0 Å². The highest BCUT2D eigenvalue weighted by Crippen LogP contribution is 2.31. The number of benzene rings is 1. The summed E-state index contributed by atoms with van der Waals surface area (Å²) in [6.07, 6.45) is 3.97. The van der Waals surface area contributed by atoms with E-state index in [4.69, 9.17) is 10.5 Å². The Labute approximate surface area is 110 Å². The van der Waals surface area contributed by atoms with Gasteiger partial charge in [-0.3, -0.25) is 4.90 Å². The number of likely N-dealkylation sites (N-methyl/N-ethyl adjacent to an activating group) is 1. The summed E-state index contributed by atoms with van der Waals surface area (Å²) in [5.74, 6) is 0.945. The Morgan fingerprint density at radius 3 is 2.61 bits per heavy atom. The fourth-order valence-corrected chi connectivity index (χ4v) is 2.69. The molecule has 0 aromatic heterocycles. The molecule has 3 heteroatoms. The first-order chi connectivity index (χ1) is 8.67. The molecule has 18 heavy (non-hydrogen) atoms. The minimum absolute atomic E-state index is 0.319. The number of nitrogens with zero attached hydrogens (tertiary/aromatic N) is 1. The molecule has 3 nitrogen and oxygen atoms in total. The van der Waals surface area contributed by atoms with Gasteiger partial charge in [0.05, 0.1) is 7.11 Å². The number of hydrogen-bond acceptors (Lipinski definition) is 3. The van der Waals surface area contributed by atoms with Crippen LogP contribution in [0, 0.1) is 6.92 Å². The van der Waals surface area contributed by atoms with Crippen LogP contribution in [0.1, 0.15) is 36.4 Å². The largest absolute Gasteiger partial charge is 0.496 e. The van der Waals surface area contributed by atoms with E-state index < -0.39 is 0 Å². The first-order valence-corrected chi connectivity index (χ1v) is 6.74. The van der Waals surface area contributed by atoms with E-state index >= 15 is 0 Å². The Kier molecular flexibility index (Phi) is 4.25. The number of methoxy groups -OCH3 is 1. The Morgan fingerprint density at radius 2 is 2.17 bits per heavy atom. The Balaban J connectivity index is 2.18. The molecule has 1 aromatic rings. The summed E-state index contributed by atoms with van der Waals surface area (Å²) in [6, 6.07) is 7.41. The molecule has 1 aliphatic rings. The zero-order chi connectivity index (χ0) is 13.1. The fraction of sp³-hybridized carbons (Fsp3) is 0.600. The van der Waals surface area contributed by atoms with Crippen LogP contribution in [0.2, 0.25) is 0 Å². The Bertz CT molecular complexity index is 401. The van der Waals surface area contributed by atoms with Gasteiger partial charge in [0.25, 0.3) is 0 Å². The third-order valence-corrected chi connectivity index (χ3v) is 4.17. The van der Waals surface area contributed by atoms with Crippen LogP contribution in [-0.4, -0.2) is 31.6 Å². The van der Waals surface area contributed by atoms with Crippen molar-refractivity contribution in [1.82, 2.24) is 4.90 Å². The zero-order valence-electron chi connectivity index (χ0n) is 11.6. The van der Waals surface area contributed by atoms with Gasteiger partial charge in [0.2, 0.25) is 0 Å². The average Bonchev–Trinajstić information content (AvgIpc) is 2.28. The van der Waals surface area contributed by atoms with Crippen LogP contribution in [0.3, 0.4) is 0 Å². The van der Waals surface area contributed by atoms with Crippen molar-refractivity contribution in [2.45, 2.75) is 38.3 Å². The van der Waals surface area contributed by atoms with Gasteiger partial charge in [-0.25, -0.2) is 0 Å². The number of hydrogen-bond donors (Lipinski definition) is 1. The molecule has 0 bridgehead atoms. The van der Waals surface area contributed by atoms with Gasteiger partial charge in [0.1, 0.15) is 5.75 Å². The summed E-state index contributed by atoms with van der Waals surface area (Å²) in [7, 11) is 3.91. The van der Waals surface area contributed by atoms with Crippen LogP contribution >= 0.6 is 0 Å². The summed E-state index contributed by atoms with van der Waals surface area (Å²) in [4.78, 5) is 2.44. The molecule has 1 unspecified atom stereocenters. The lowest BCUT2D eigenvalue weighted by atomic mass is 9.89. The fourth-order valence-electron chi connectivity index (χ4n) is 2.69. The van der Waals surface area contributed by atoms with Crippen molar-refractivity contribution in [3.8, 4) is 5.75 Å². The van der Waals surface area contributed by atoms with Crippen molar-refractivity contribution < 1.29 is 4.74 Å². The molecule has 2 N–H and O–H groups in total. The second kappa shape index (κ2) is 5.72. The minimum atomic E-state index is 0.319. The van der Waals surface area contributed by atoms with E-state index in [2.05, 4.69) is 31.0 Å². The lowest BCUT2D eigenvalue weighted by Crippen LogP contribution is -2.42. The van der Waals surface area contributed by atoms with Gasteiger partial charge in [0, 0.05) is 18.6 Å². The summed E-state index contributed by atoms with van der Waals surface area (Å²) < 4.78 is 5.31. The predicted molar refractivity (Wildman–Crippen MR) is 74.9 cm³/mol. The second-order valence-corrected chi connectivity index (χ2v) is 5.23. The van der Waals surface area contributed by atoms with Crippen LogP contribution in [0.4, 0.5) is 0 Å². The van der Waals surface area contributed by atoms with Crippen LogP contribution < -0.4 is 10.5 Å². The van der Waals surface area contributed by atoms with Crippen molar-refractivity contribution in [2.75, 3.05) is 20.7 Å². The van der Waals surface area contributed by atoms with Gasteiger partial charge < -0.3 is 10.5 Å². The van der Waals surface area contributed by atoms with Crippen molar-refractivity contribution in [3.63, 3.8) is 0 Å². The minimum Gasteiger partial charge on any atom is -0.496 e. The molecule has 100 valence electrons. The average molecular weight is 248 g/mol. The quantitative estimate of drug-likeness (QED) is 0.870. The molecule has 0 heterocycles. The zero-order valence-corrected chi connectivity index (χ0v) is 11.6. The summed E-state index contributed by atoms with van der Waals surface area (Å²) in [5, 5.41) is 0. The number of rotatable bonds is 5. The van der Waals surface area contributed by atoms with Gasteiger partial charge in [-0.15, -0.1) is 0 Å². The second-order valence-electron chi connectivity index (χ2n) is 5.23. The maximum atomic E-state index is 5.97. The third-order valence-electron chi connectivity index (χ3n) is 4.17. The molecule has 1 aromatic carbocycles. The highest BCUT2D eigenvalue weighted by atomic mass is 16.5. The molecule has 1 aliphatic carbocycles. The van der Waals surface area contributed by atoms with Crippen LogP contribution in [0.15, 0.2) is 18.2 Å². The maximum Gasteiger partial charge on any atom is 0.121 e.